The Kier molecular flexibility index (Phi) is 12.1. The molecule has 5 rings (SSSR count). The van der Waals surface area contributed by atoms with Crippen LogP contribution in [0.15, 0.2) is 88.5 Å². The van der Waals surface area contributed by atoms with E-state index in [1.54, 1.807) is 24.4 Å². The molecule has 0 saturated carbocycles. The fourth-order valence-corrected chi connectivity index (χ4v) is 7.75. The first-order valence-corrected chi connectivity index (χ1v) is 17.1. The van der Waals surface area contributed by atoms with Crippen molar-refractivity contribution in [1.82, 2.24) is 4.98 Å². The molecule has 0 aliphatic carbocycles. The van der Waals surface area contributed by atoms with E-state index < -0.39 is 9.84 Å². The third-order valence-corrected chi connectivity index (χ3v) is 10.4. The minimum absolute atomic E-state index is 0. The predicted octanol–water partition coefficient (Wildman–Crippen LogP) is 9.68. The van der Waals surface area contributed by atoms with Gasteiger partial charge in [0.1, 0.15) is 0 Å². The van der Waals surface area contributed by atoms with Gasteiger partial charge in [0.15, 0.2) is 5.78 Å². The van der Waals surface area contributed by atoms with Gasteiger partial charge in [-0.2, -0.15) is 0 Å². The Morgan fingerprint density at radius 1 is 0.889 bits per heavy atom. The molecule has 0 fully saturated rings. The summed E-state index contributed by atoms with van der Waals surface area (Å²) in [6.45, 7) is 14.6. The van der Waals surface area contributed by atoms with Crippen LogP contribution in [0.25, 0.3) is 33.2 Å². The van der Waals surface area contributed by atoms with Gasteiger partial charge in [0, 0.05) is 55.5 Å². The number of sulfone groups is 1. The van der Waals surface area contributed by atoms with E-state index in [-0.39, 0.29) is 53.8 Å². The van der Waals surface area contributed by atoms with Crippen molar-refractivity contribution in [1.29, 1.82) is 0 Å². The molecule has 1 aromatic heterocycles. The van der Waals surface area contributed by atoms with Gasteiger partial charge in [0.05, 0.1) is 15.6 Å². The molecule has 4 aromatic rings. The van der Waals surface area contributed by atoms with Crippen molar-refractivity contribution in [3.8, 4) is 22.4 Å². The average Bonchev–Trinajstić information content (AvgIpc) is 3.24. The summed E-state index contributed by atoms with van der Waals surface area (Å²) in [6.07, 6.45) is 6.59. The molecule has 3 aromatic carbocycles. The third kappa shape index (κ3) is 7.48. The van der Waals surface area contributed by atoms with E-state index in [1.165, 1.54) is 6.08 Å². The number of aliphatic hydroxyl groups is 1. The Morgan fingerprint density at radius 3 is 2.11 bits per heavy atom. The van der Waals surface area contributed by atoms with Crippen LogP contribution in [0.4, 0.5) is 0 Å². The monoisotopic (exact) mass is 803 g/mol. The summed E-state index contributed by atoms with van der Waals surface area (Å²) in [5.41, 5.74) is 3.67. The fourth-order valence-electron chi connectivity index (χ4n) is 5.92. The maximum atomic E-state index is 13.4. The number of ketones is 1. The van der Waals surface area contributed by atoms with Crippen molar-refractivity contribution in [3.63, 3.8) is 0 Å². The quantitative estimate of drug-likeness (QED) is 0.0960. The molecular weight excluding hydrogens is 759 g/mol. The molecule has 0 saturated heterocycles. The fraction of sp³-hybridized carbons (Fsp3) is 0.368. The first-order chi connectivity index (χ1) is 20.9. The molecule has 1 N–H and O–H groups in total. The van der Waals surface area contributed by atoms with Gasteiger partial charge in [-0.3, -0.25) is 9.78 Å². The van der Waals surface area contributed by atoms with Crippen molar-refractivity contribution < 1.29 is 38.4 Å². The van der Waals surface area contributed by atoms with Crippen molar-refractivity contribution >= 4 is 26.4 Å². The molecule has 7 heteroatoms. The van der Waals surface area contributed by atoms with E-state index in [0.717, 1.165) is 47.6 Å². The summed E-state index contributed by atoms with van der Waals surface area (Å²) < 4.78 is 26.7. The molecule has 0 amide bonds. The molecule has 0 atom stereocenters. The van der Waals surface area contributed by atoms with Gasteiger partial charge >= 0.3 is 0 Å². The largest absolute Gasteiger partial charge is 0.512 e. The minimum atomic E-state index is -3.63. The summed E-state index contributed by atoms with van der Waals surface area (Å²) in [4.78, 5) is 16.9. The Bertz CT molecular complexity index is 1800. The van der Waals surface area contributed by atoms with Crippen LogP contribution in [0.5, 0.6) is 0 Å². The molecule has 5 nitrogen and oxygen atoms in total. The first-order valence-electron chi connectivity index (χ1n) is 15.6. The summed E-state index contributed by atoms with van der Waals surface area (Å²) in [5, 5.41) is 11.8. The van der Waals surface area contributed by atoms with E-state index in [0.29, 0.717) is 21.7 Å². The number of benzene rings is 3. The number of nitrogens with zero attached hydrogens (tertiary/aromatic N) is 1. The Labute approximate surface area is 282 Å². The van der Waals surface area contributed by atoms with Gasteiger partial charge in [0.2, 0.25) is 9.84 Å². The maximum Gasteiger partial charge on any atom is 0.202 e. The van der Waals surface area contributed by atoms with Crippen LogP contribution in [0.3, 0.4) is 0 Å². The number of hydrogen-bond acceptors (Lipinski definition) is 5. The van der Waals surface area contributed by atoms with Gasteiger partial charge in [-0.05, 0) is 48.8 Å². The zero-order valence-electron chi connectivity index (χ0n) is 27.3. The predicted molar refractivity (Wildman–Crippen MR) is 179 cm³/mol. The molecule has 45 heavy (non-hydrogen) atoms. The standard InChI is InChI=1S/C25H20NO2S.C13H24O2.Ir/c1-25(2,3)21-15-17(14-16-8-4-5-9-18(16)21)23-24-20(12-13-26-23)19-10-6-7-11-22(19)29(24,27)28;1-5-10(6-2)12(14)9-13(15)11(7-3)8-4;/h4-13,15H,1-3H3;9-11,14H,5-8H2,1-4H3;/q-1;;/b;12-9-;. The van der Waals surface area contributed by atoms with Crippen LogP contribution < -0.4 is 0 Å². The van der Waals surface area contributed by atoms with Crippen LogP contribution in [-0.4, -0.2) is 24.3 Å². The van der Waals surface area contributed by atoms with E-state index >= 15 is 0 Å². The number of carbonyl (C=O) groups excluding carboxylic acids is 1. The molecule has 241 valence electrons. The molecule has 1 aliphatic rings. The Balaban J connectivity index is 0.000000297. The van der Waals surface area contributed by atoms with Gasteiger partial charge in [-0.1, -0.05) is 95.8 Å². The number of pyridine rings is 1. The number of allylic oxidation sites excluding steroid dienone is 2. The van der Waals surface area contributed by atoms with E-state index in [1.807, 2.05) is 64.1 Å². The summed E-state index contributed by atoms with van der Waals surface area (Å²) in [5.74, 6) is 0.547. The number of hydrogen-bond donors (Lipinski definition) is 1. The minimum Gasteiger partial charge on any atom is -0.512 e. The van der Waals surface area contributed by atoms with Crippen molar-refractivity contribution in [2.24, 2.45) is 11.8 Å². The van der Waals surface area contributed by atoms with Gasteiger partial charge < -0.3 is 5.11 Å². The van der Waals surface area contributed by atoms with Gasteiger partial charge in [0.25, 0.3) is 0 Å². The van der Waals surface area contributed by atoms with Crippen LogP contribution in [-0.2, 0) is 40.2 Å². The SMILES string of the molecule is CC(C)(C)c1cc(-c2nccc3c2S(=O)(=O)c2ccccc2-3)[c-]c2ccccc12.CCC(CC)C(=O)/C=C(\O)C(CC)CC.[Ir]. The van der Waals surface area contributed by atoms with Crippen LogP contribution in [0.1, 0.15) is 79.7 Å². The van der Waals surface area contributed by atoms with Crippen molar-refractivity contribution in [2.75, 3.05) is 0 Å². The van der Waals surface area contributed by atoms with Crippen molar-refractivity contribution in [3.05, 3.63) is 90.3 Å². The zero-order chi connectivity index (χ0) is 32.2. The third-order valence-electron chi connectivity index (χ3n) is 8.56. The number of fused-ring (bicyclic) bond motifs is 4. The van der Waals surface area contributed by atoms with E-state index in [9.17, 15) is 18.3 Å². The summed E-state index contributed by atoms with van der Waals surface area (Å²) in [7, 11) is -3.63. The normalized spacial score (nSPS) is 13.6. The molecule has 0 spiro atoms. The molecule has 1 aliphatic heterocycles. The summed E-state index contributed by atoms with van der Waals surface area (Å²) >= 11 is 0. The van der Waals surface area contributed by atoms with Gasteiger partial charge in [-0.15, -0.1) is 29.1 Å². The van der Waals surface area contributed by atoms with E-state index in [4.69, 9.17) is 0 Å². The second-order valence-electron chi connectivity index (χ2n) is 12.4. The second kappa shape index (κ2) is 15.0. The van der Waals surface area contributed by atoms with Crippen molar-refractivity contribution in [2.45, 2.75) is 89.4 Å². The topological polar surface area (TPSA) is 84.3 Å². The molecular formula is C38H44IrNO4S-. The number of carbonyl (C=O) groups is 1. The first kappa shape index (κ1) is 36.3. The molecule has 2 heterocycles. The maximum absolute atomic E-state index is 13.4. The number of aromatic nitrogens is 1. The summed E-state index contributed by atoms with van der Waals surface area (Å²) in [6, 6.07) is 22.5. The number of rotatable bonds is 8. The molecule has 1 radical (unpaired) electrons. The van der Waals surface area contributed by atoms with Gasteiger partial charge in [-0.25, -0.2) is 8.42 Å². The second-order valence-corrected chi connectivity index (χ2v) is 14.3. The average molecular weight is 803 g/mol. The van der Waals surface area contributed by atoms with Crippen LogP contribution in [0, 0.1) is 17.9 Å². The van der Waals surface area contributed by atoms with E-state index in [2.05, 4.69) is 37.9 Å². The smallest absolute Gasteiger partial charge is 0.202 e. The molecule has 0 bridgehead atoms. The Hall–Kier alpha value is -3.12. The Morgan fingerprint density at radius 2 is 1.49 bits per heavy atom. The zero-order valence-corrected chi connectivity index (χ0v) is 30.5. The van der Waals surface area contributed by atoms with Crippen LogP contribution in [0.2, 0.25) is 0 Å². The van der Waals surface area contributed by atoms with Crippen LogP contribution >= 0.6 is 0 Å². The number of aliphatic hydroxyl groups excluding tert-OH is 1. The molecule has 0 unspecified atom stereocenters.